The summed E-state index contributed by atoms with van der Waals surface area (Å²) in [6, 6.07) is 21.7. The number of rotatable bonds is 8. The fourth-order valence-electron chi connectivity index (χ4n) is 4.99. The van der Waals surface area contributed by atoms with E-state index in [0.29, 0.717) is 17.7 Å². The van der Waals surface area contributed by atoms with E-state index in [1.807, 2.05) is 48.7 Å². The highest BCUT2D eigenvalue weighted by Crippen LogP contribution is 2.31. The van der Waals surface area contributed by atoms with Crippen molar-refractivity contribution in [2.24, 2.45) is 0 Å². The molecule has 0 saturated heterocycles. The zero-order valence-electron chi connectivity index (χ0n) is 20.1. The van der Waals surface area contributed by atoms with Crippen LogP contribution in [0.15, 0.2) is 72.9 Å². The molecule has 1 heterocycles. The molecule has 0 spiro atoms. The van der Waals surface area contributed by atoms with Gasteiger partial charge in [0.05, 0.1) is 24.3 Å². The smallest absolute Gasteiger partial charge is 0.255 e. The van der Waals surface area contributed by atoms with Gasteiger partial charge in [-0.05, 0) is 73.9 Å². The average molecular weight is 469 g/mol. The first kappa shape index (κ1) is 23.2. The summed E-state index contributed by atoms with van der Waals surface area (Å²) in [6.45, 7) is 1.91. The van der Waals surface area contributed by atoms with Crippen molar-refractivity contribution < 1.29 is 14.6 Å². The van der Waals surface area contributed by atoms with Crippen molar-refractivity contribution in [1.82, 2.24) is 10.3 Å². The number of hydrogen-bond donors (Lipinski definition) is 3. The van der Waals surface area contributed by atoms with Gasteiger partial charge in [0.1, 0.15) is 5.75 Å². The van der Waals surface area contributed by atoms with Gasteiger partial charge in [0.25, 0.3) is 5.91 Å². The van der Waals surface area contributed by atoms with E-state index >= 15 is 0 Å². The number of fused-ring (bicyclic) bond motifs is 1. The minimum absolute atomic E-state index is 0.145. The number of amides is 1. The zero-order valence-corrected chi connectivity index (χ0v) is 20.1. The van der Waals surface area contributed by atoms with Crippen molar-refractivity contribution >= 4 is 16.8 Å². The molecule has 1 aromatic heterocycles. The number of benzene rings is 3. The monoisotopic (exact) mass is 468 g/mol. The van der Waals surface area contributed by atoms with Gasteiger partial charge in [0.15, 0.2) is 0 Å². The van der Waals surface area contributed by atoms with Gasteiger partial charge < -0.3 is 20.1 Å². The number of aromatic amines is 1. The van der Waals surface area contributed by atoms with Crippen LogP contribution >= 0.6 is 0 Å². The quantitative estimate of drug-likeness (QED) is 0.306. The summed E-state index contributed by atoms with van der Waals surface area (Å²) in [7, 11) is 0. The molecule has 1 amide bonds. The van der Waals surface area contributed by atoms with Crippen molar-refractivity contribution in [2.45, 2.75) is 51.2 Å². The van der Waals surface area contributed by atoms with Crippen molar-refractivity contribution in [3.63, 3.8) is 0 Å². The minimum atomic E-state index is -0.413. The summed E-state index contributed by atoms with van der Waals surface area (Å²) in [4.78, 5) is 16.8. The second-order valence-electron chi connectivity index (χ2n) is 9.52. The third-order valence-electron chi connectivity index (χ3n) is 6.87. The van der Waals surface area contributed by atoms with Crippen LogP contribution in [0.25, 0.3) is 22.0 Å². The average Bonchev–Trinajstić information content (AvgIpc) is 3.54. The van der Waals surface area contributed by atoms with E-state index in [1.165, 1.54) is 5.56 Å². The van der Waals surface area contributed by atoms with Crippen LogP contribution < -0.4 is 10.1 Å². The van der Waals surface area contributed by atoms with Crippen LogP contribution in [0.2, 0.25) is 0 Å². The van der Waals surface area contributed by atoms with Gasteiger partial charge in [-0.25, -0.2) is 0 Å². The SMILES string of the molecule is Cc1cccc(-c2ccc(OC3CCCC3)c(C(=O)NC(CO)Cc3c[nH]c4ccccc34)c2)c1. The summed E-state index contributed by atoms with van der Waals surface area (Å²) in [6.07, 6.45) is 6.97. The van der Waals surface area contributed by atoms with Crippen LogP contribution in [0.4, 0.5) is 0 Å². The molecule has 1 fully saturated rings. The fraction of sp³-hybridized carbons (Fsp3) is 0.300. The second kappa shape index (κ2) is 10.4. The van der Waals surface area contributed by atoms with E-state index in [4.69, 9.17) is 4.74 Å². The maximum absolute atomic E-state index is 13.5. The molecule has 3 aromatic carbocycles. The van der Waals surface area contributed by atoms with Gasteiger partial charge in [-0.1, -0.05) is 54.1 Å². The van der Waals surface area contributed by atoms with E-state index in [-0.39, 0.29) is 18.6 Å². The van der Waals surface area contributed by atoms with Crippen LogP contribution in [-0.2, 0) is 6.42 Å². The van der Waals surface area contributed by atoms with Crippen LogP contribution in [0.1, 0.15) is 47.2 Å². The number of para-hydroxylation sites is 1. The van der Waals surface area contributed by atoms with Crippen molar-refractivity contribution in [3.05, 3.63) is 89.6 Å². The highest BCUT2D eigenvalue weighted by atomic mass is 16.5. The van der Waals surface area contributed by atoms with Gasteiger partial charge in [0, 0.05) is 17.1 Å². The molecule has 5 heteroatoms. The van der Waals surface area contributed by atoms with Gasteiger partial charge in [-0.3, -0.25) is 4.79 Å². The van der Waals surface area contributed by atoms with Crippen molar-refractivity contribution in [2.75, 3.05) is 6.61 Å². The summed E-state index contributed by atoms with van der Waals surface area (Å²) >= 11 is 0. The minimum Gasteiger partial charge on any atom is -0.490 e. The molecule has 0 bridgehead atoms. The molecular formula is C30H32N2O3. The molecule has 35 heavy (non-hydrogen) atoms. The first-order valence-electron chi connectivity index (χ1n) is 12.4. The first-order chi connectivity index (χ1) is 17.1. The molecule has 1 atom stereocenters. The lowest BCUT2D eigenvalue weighted by atomic mass is 10.00. The van der Waals surface area contributed by atoms with E-state index in [2.05, 4.69) is 41.5 Å². The number of aryl methyl sites for hydroxylation is 1. The number of aromatic nitrogens is 1. The van der Waals surface area contributed by atoms with Crippen LogP contribution in [0.3, 0.4) is 0 Å². The Hall–Kier alpha value is -3.57. The van der Waals surface area contributed by atoms with Crippen LogP contribution in [0.5, 0.6) is 5.75 Å². The Kier molecular flexibility index (Phi) is 6.87. The fourth-order valence-corrected chi connectivity index (χ4v) is 4.99. The second-order valence-corrected chi connectivity index (χ2v) is 9.52. The summed E-state index contributed by atoms with van der Waals surface area (Å²) in [5, 5.41) is 14.3. The number of ether oxygens (including phenoxy) is 1. The molecule has 1 saturated carbocycles. The lowest BCUT2D eigenvalue weighted by Crippen LogP contribution is -2.39. The summed E-state index contributed by atoms with van der Waals surface area (Å²) < 4.78 is 6.29. The molecule has 0 radical (unpaired) electrons. The van der Waals surface area contributed by atoms with Crippen molar-refractivity contribution in [3.8, 4) is 16.9 Å². The van der Waals surface area contributed by atoms with Gasteiger partial charge in [-0.15, -0.1) is 0 Å². The molecule has 0 aliphatic heterocycles. The van der Waals surface area contributed by atoms with E-state index in [0.717, 1.165) is 53.3 Å². The van der Waals surface area contributed by atoms with Crippen LogP contribution in [-0.4, -0.2) is 34.8 Å². The standard InChI is InChI=1S/C30H32N2O3/c1-20-7-6-8-21(15-20)22-13-14-29(35-25-9-2-3-10-25)27(17-22)30(34)32-24(19-33)16-23-18-31-28-12-5-4-11-26(23)28/h4-8,11-15,17-18,24-25,31,33H,2-3,9-10,16,19H2,1H3,(H,32,34). The Balaban J connectivity index is 1.41. The van der Waals surface area contributed by atoms with E-state index in [1.54, 1.807) is 0 Å². The maximum Gasteiger partial charge on any atom is 0.255 e. The third kappa shape index (κ3) is 5.25. The zero-order chi connectivity index (χ0) is 24.2. The normalized spacial score (nSPS) is 14.8. The van der Waals surface area contributed by atoms with Crippen LogP contribution in [0, 0.1) is 6.92 Å². The van der Waals surface area contributed by atoms with Crippen molar-refractivity contribution in [1.29, 1.82) is 0 Å². The third-order valence-corrected chi connectivity index (χ3v) is 6.87. The predicted octanol–water partition coefficient (Wildman–Crippen LogP) is 5.80. The largest absolute Gasteiger partial charge is 0.490 e. The lowest BCUT2D eigenvalue weighted by molar-refractivity contribution is 0.0909. The Morgan fingerprint density at radius 2 is 1.86 bits per heavy atom. The number of carbonyl (C=O) groups is 1. The number of aliphatic hydroxyl groups excluding tert-OH is 1. The van der Waals surface area contributed by atoms with Gasteiger partial charge >= 0.3 is 0 Å². The Labute approximate surface area is 206 Å². The number of hydrogen-bond acceptors (Lipinski definition) is 3. The number of aliphatic hydroxyl groups is 1. The van der Waals surface area contributed by atoms with E-state index < -0.39 is 6.04 Å². The van der Waals surface area contributed by atoms with E-state index in [9.17, 15) is 9.90 Å². The number of carbonyl (C=O) groups excluding carboxylic acids is 1. The Morgan fingerprint density at radius 1 is 1.06 bits per heavy atom. The topological polar surface area (TPSA) is 74.3 Å². The molecular weight excluding hydrogens is 436 g/mol. The lowest BCUT2D eigenvalue weighted by Gasteiger charge is -2.20. The first-order valence-corrected chi connectivity index (χ1v) is 12.4. The molecule has 5 rings (SSSR count). The molecule has 180 valence electrons. The molecule has 4 aromatic rings. The summed E-state index contributed by atoms with van der Waals surface area (Å²) in [5.41, 5.74) is 5.81. The predicted molar refractivity (Wildman–Crippen MR) is 140 cm³/mol. The maximum atomic E-state index is 13.5. The number of H-pyrrole nitrogens is 1. The highest BCUT2D eigenvalue weighted by Gasteiger charge is 2.23. The molecule has 1 unspecified atom stereocenters. The molecule has 1 aliphatic rings. The molecule has 3 N–H and O–H groups in total. The highest BCUT2D eigenvalue weighted by molar-refractivity contribution is 5.98. The molecule has 1 aliphatic carbocycles. The Morgan fingerprint density at radius 3 is 2.66 bits per heavy atom. The van der Waals surface area contributed by atoms with Gasteiger partial charge in [-0.2, -0.15) is 0 Å². The molecule has 5 nitrogen and oxygen atoms in total. The summed E-state index contributed by atoms with van der Waals surface area (Å²) in [5.74, 6) is 0.376. The number of nitrogens with one attached hydrogen (secondary N) is 2. The van der Waals surface area contributed by atoms with Gasteiger partial charge in [0.2, 0.25) is 0 Å². The Bertz CT molecular complexity index is 1320.